The number of carbonyl (C=O) groups excluding carboxylic acids is 1. The summed E-state index contributed by atoms with van der Waals surface area (Å²) in [7, 11) is 1.46. The fraction of sp³-hybridized carbons (Fsp3) is 0.375. The third-order valence-electron chi connectivity index (χ3n) is 3.92. The molecular formula is C16H18N2O2. The van der Waals surface area contributed by atoms with E-state index < -0.39 is 0 Å². The molecule has 0 radical (unpaired) electrons. The Bertz CT molecular complexity index is 621. The zero-order valence-electron chi connectivity index (χ0n) is 11.6. The summed E-state index contributed by atoms with van der Waals surface area (Å²) in [6.45, 7) is 2.54. The Balaban J connectivity index is 1.76. The van der Waals surface area contributed by atoms with Gasteiger partial charge in [-0.3, -0.25) is 14.7 Å². The largest absolute Gasteiger partial charge is 0.469 e. The minimum atomic E-state index is -0.0939. The number of hydrogen-bond acceptors (Lipinski definition) is 4. The number of benzene rings is 1. The van der Waals surface area contributed by atoms with E-state index in [0.717, 1.165) is 37.0 Å². The van der Waals surface area contributed by atoms with Crippen molar-refractivity contribution in [1.29, 1.82) is 0 Å². The Morgan fingerprint density at radius 2 is 2.25 bits per heavy atom. The molecule has 4 heteroatoms. The number of aromatic nitrogens is 1. The second-order valence-electron chi connectivity index (χ2n) is 5.24. The van der Waals surface area contributed by atoms with Crippen molar-refractivity contribution >= 4 is 16.9 Å². The lowest BCUT2D eigenvalue weighted by Gasteiger charge is -2.16. The molecule has 1 unspecified atom stereocenters. The third kappa shape index (κ3) is 2.51. The number of esters is 1. The SMILES string of the molecule is COC(=O)C1CCN(Cc2cccc3cccnc23)C1. The molecule has 2 heterocycles. The lowest BCUT2D eigenvalue weighted by Crippen LogP contribution is -2.23. The van der Waals surface area contributed by atoms with Gasteiger partial charge in [-0.25, -0.2) is 0 Å². The Morgan fingerprint density at radius 1 is 1.40 bits per heavy atom. The molecule has 104 valence electrons. The molecule has 4 nitrogen and oxygen atoms in total. The van der Waals surface area contributed by atoms with Crippen LogP contribution in [0.4, 0.5) is 0 Å². The highest BCUT2D eigenvalue weighted by Gasteiger charge is 2.29. The van der Waals surface area contributed by atoms with E-state index in [1.54, 1.807) is 0 Å². The fourth-order valence-corrected chi connectivity index (χ4v) is 2.87. The topological polar surface area (TPSA) is 42.4 Å². The van der Waals surface area contributed by atoms with Crippen LogP contribution in [0.1, 0.15) is 12.0 Å². The van der Waals surface area contributed by atoms with Crippen molar-refractivity contribution < 1.29 is 9.53 Å². The second kappa shape index (κ2) is 5.59. The first-order chi connectivity index (χ1) is 9.78. The summed E-state index contributed by atoms with van der Waals surface area (Å²) < 4.78 is 4.82. The summed E-state index contributed by atoms with van der Waals surface area (Å²) in [6, 6.07) is 10.3. The van der Waals surface area contributed by atoms with Gasteiger partial charge in [0.2, 0.25) is 0 Å². The van der Waals surface area contributed by atoms with Gasteiger partial charge in [-0.2, -0.15) is 0 Å². The van der Waals surface area contributed by atoms with Crippen molar-refractivity contribution in [3.8, 4) is 0 Å². The minimum Gasteiger partial charge on any atom is -0.469 e. The van der Waals surface area contributed by atoms with Crippen molar-refractivity contribution in [1.82, 2.24) is 9.88 Å². The van der Waals surface area contributed by atoms with E-state index in [1.807, 2.05) is 12.3 Å². The first-order valence-electron chi connectivity index (χ1n) is 6.91. The Morgan fingerprint density at radius 3 is 3.10 bits per heavy atom. The highest BCUT2D eigenvalue weighted by molar-refractivity contribution is 5.81. The number of pyridine rings is 1. The molecule has 1 aromatic carbocycles. The fourth-order valence-electron chi connectivity index (χ4n) is 2.87. The smallest absolute Gasteiger partial charge is 0.310 e. The molecule has 2 aromatic rings. The van der Waals surface area contributed by atoms with Gasteiger partial charge in [0, 0.05) is 24.7 Å². The van der Waals surface area contributed by atoms with Crippen molar-refractivity contribution in [2.24, 2.45) is 5.92 Å². The Hall–Kier alpha value is -1.94. The number of hydrogen-bond donors (Lipinski definition) is 0. The first kappa shape index (κ1) is 13.1. The zero-order chi connectivity index (χ0) is 13.9. The quantitative estimate of drug-likeness (QED) is 0.802. The van der Waals surface area contributed by atoms with Crippen LogP contribution in [0.3, 0.4) is 0 Å². The van der Waals surface area contributed by atoms with Crippen LogP contribution < -0.4 is 0 Å². The van der Waals surface area contributed by atoms with Crippen LogP contribution in [0.5, 0.6) is 0 Å². The van der Waals surface area contributed by atoms with Gasteiger partial charge < -0.3 is 4.74 Å². The summed E-state index contributed by atoms with van der Waals surface area (Å²) in [5.41, 5.74) is 2.27. The minimum absolute atomic E-state index is 0.0166. The van der Waals surface area contributed by atoms with Gasteiger partial charge in [-0.05, 0) is 24.6 Å². The molecule has 1 aromatic heterocycles. The second-order valence-corrected chi connectivity index (χ2v) is 5.24. The summed E-state index contributed by atoms with van der Waals surface area (Å²) >= 11 is 0. The van der Waals surface area contributed by atoms with E-state index in [1.165, 1.54) is 12.7 Å². The summed E-state index contributed by atoms with van der Waals surface area (Å²) in [5, 5.41) is 1.16. The average molecular weight is 270 g/mol. The number of methoxy groups -OCH3 is 1. The van der Waals surface area contributed by atoms with Gasteiger partial charge >= 0.3 is 5.97 Å². The van der Waals surface area contributed by atoms with E-state index in [-0.39, 0.29) is 11.9 Å². The van der Waals surface area contributed by atoms with Gasteiger partial charge in [0.15, 0.2) is 0 Å². The molecule has 1 saturated heterocycles. The van der Waals surface area contributed by atoms with E-state index >= 15 is 0 Å². The van der Waals surface area contributed by atoms with Crippen molar-refractivity contribution in [2.75, 3.05) is 20.2 Å². The average Bonchev–Trinajstić information content (AvgIpc) is 2.95. The molecule has 0 bridgehead atoms. The van der Waals surface area contributed by atoms with E-state index in [9.17, 15) is 4.79 Å². The van der Waals surface area contributed by atoms with Crippen LogP contribution >= 0.6 is 0 Å². The number of carbonyl (C=O) groups is 1. The summed E-state index contributed by atoms with van der Waals surface area (Å²) in [5.74, 6) is -0.0773. The molecular weight excluding hydrogens is 252 g/mol. The Kier molecular flexibility index (Phi) is 3.65. The van der Waals surface area contributed by atoms with Crippen LogP contribution in [-0.2, 0) is 16.1 Å². The Labute approximate surface area is 118 Å². The molecule has 0 N–H and O–H groups in total. The maximum absolute atomic E-state index is 11.6. The van der Waals surface area contributed by atoms with Gasteiger partial charge in [0.05, 0.1) is 18.5 Å². The first-order valence-corrected chi connectivity index (χ1v) is 6.91. The van der Waals surface area contributed by atoms with Gasteiger partial charge in [-0.1, -0.05) is 24.3 Å². The number of nitrogens with zero attached hydrogens (tertiary/aromatic N) is 2. The number of ether oxygens (including phenoxy) is 1. The number of likely N-dealkylation sites (tertiary alicyclic amines) is 1. The third-order valence-corrected chi connectivity index (χ3v) is 3.92. The zero-order valence-corrected chi connectivity index (χ0v) is 11.6. The molecule has 0 aliphatic carbocycles. The molecule has 3 rings (SSSR count). The van der Waals surface area contributed by atoms with E-state index in [0.29, 0.717) is 0 Å². The molecule has 1 aliphatic heterocycles. The molecule has 20 heavy (non-hydrogen) atoms. The maximum atomic E-state index is 11.6. The molecule has 1 fully saturated rings. The monoisotopic (exact) mass is 270 g/mol. The van der Waals surface area contributed by atoms with E-state index in [4.69, 9.17) is 4.74 Å². The van der Waals surface area contributed by atoms with Crippen LogP contribution in [0.15, 0.2) is 36.5 Å². The summed E-state index contributed by atoms with van der Waals surface area (Å²) in [4.78, 5) is 18.3. The summed E-state index contributed by atoms with van der Waals surface area (Å²) in [6.07, 6.45) is 2.71. The maximum Gasteiger partial charge on any atom is 0.310 e. The van der Waals surface area contributed by atoms with Gasteiger partial charge in [-0.15, -0.1) is 0 Å². The molecule has 1 aliphatic rings. The van der Waals surface area contributed by atoms with Crippen LogP contribution in [0.25, 0.3) is 10.9 Å². The molecule has 0 spiro atoms. The van der Waals surface area contributed by atoms with Crippen molar-refractivity contribution in [2.45, 2.75) is 13.0 Å². The number of fused-ring (bicyclic) bond motifs is 1. The lowest BCUT2D eigenvalue weighted by molar-refractivity contribution is -0.144. The van der Waals surface area contributed by atoms with E-state index in [2.05, 4.69) is 34.1 Å². The van der Waals surface area contributed by atoms with Crippen LogP contribution in [0, 0.1) is 5.92 Å². The van der Waals surface area contributed by atoms with Gasteiger partial charge in [0.25, 0.3) is 0 Å². The van der Waals surface area contributed by atoms with Crippen LogP contribution in [0.2, 0.25) is 0 Å². The molecule has 0 amide bonds. The van der Waals surface area contributed by atoms with Gasteiger partial charge in [0.1, 0.15) is 0 Å². The van der Waals surface area contributed by atoms with Crippen molar-refractivity contribution in [3.63, 3.8) is 0 Å². The predicted octanol–water partition coefficient (Wildman–Crippen LogP) is 2.23. The van der Waals surface area contributed by atoms with Crippen LogP contribution in [-0.4, -0.2) is 36.1 Å². The lowest BCUT2D eigenvalue weighted by atomic mass is 10.1. The number of rotatable bonds is 3. The molecule has 0 saturated carbocycles. The predicted molar refractivity (Wildman–Crippen MR) is 77.1 cm³/mol. The highest BCUT2D eigenvalue weighted by Crippen LogP contribution is 2.22. The van der Waals surface area contributed by atoms with Crippen molar-refractivity contribution in [3.05, 3.63) is 42.1 Å². The number of para-hydroxylation sites is 1. The highest BCUT2D eigenvalue weighted by atomic mass is 16.5. The standard InChI is InChI=1S/C16H18N2O2/c1-20-16(19)14-7-9-18(11-14)10-13-5-2-4-12-6-3-8-17-15(12)13/h2-6,8,14H,7,9-11H2,1H3. The normalized spacial score (nSPS) is 19.4. The molecule has 1 atom stereocenters.